The summed E-state index contributed by atoms with van der Waals surface area (Å²) in [4.78, 5) is 14.0. The van der Waals surface area contributed by atoms with Crippen molar-refractivity contribution in [2.24, 2.45) is 11.8 Å². The zero-order chi connectivity index (χ0) is 16.1. The van der Waals surface area contributed by atoms with Gasteiger partial charge >= 0.3 is 0 Å². The number of hydrogen-bond donors (Lipinski definition) is 1. The minimum absolute atomic E-state index is 0.139. The van der Waals surface area contributed by atoms with Gasteiger partial charge in [-0.05, 0) is 48.8 Å². The molecule has 122 valence electrons. The quantitative estimate of drug-likeness (QED) is 0.904. The molecule has 1 atom stereocenters. The van der Waals surface area contributed by atoms with E-state index in [0.29, 0.717) is 25.4 Å². The lowest BCUT2D eigenvalue weighted by Crippen LogP contribution is -2.39. The normalized spacial score (nSPS) is 17.8. The summed E-state index contributed by atoms with van der Waals surface area (Å²) in [5, 5.41) is 10.4. The summed E-state index contributed by atoms with van der Waals surface area (Å²) in [6.45, 7) is 5.66. The smallest absolute Gasteiger partial charge is 0.222 e. The fourth-order valence-electron chi connectivity index (χ4n) is 2.97. The van der Waals surface area contributed by atoms with E-state index in [1.807, 2.05) is 4.90 Å². The fraction of sp³-hybridized carbons (Fsp3) is 0.611. The highest BCUT2D eigenvalue weighted by Gasteiger charge is 2.28. The highest BCUT2D eigenvalue weighted by molar-refractivity contribution is 5.76. The number of amides is 1. The van der Waals surface area contributed by atoms with Gasteiger partial charge in [-0.25, -0.2) is 4.39 Å². The van der Waals surface area contributed by atoms with Crippen molar-refractivity contribution < 1.29 is 14.3 Å². The predicted octanol–water partition coefficient (Wildman–Crippen LogP) is 3.53. The third-order valence-electron chi connectivity index (χ3n) is 4.49. The Hall–Kier alpha value is -1.42. The van der Waals surface area contributed by atoms with Crippen molar-refractivity contribution in [1.29, 1.82) is 0 Å². The number of nitrogens with zero attached hydrogens (tertiary/aromatic N) is 1. The van der Waals surface area contributed by atoms with Crippen molar-refractivity contribution in [2.45, 2.75) is 45.6 Å². The van der Waals surface area contributed by atoms with Gasteiger partial charge in [0, 0.05) is 19.5 Å². The summed E-state index contributed by atoms with van der Waals surface area (Å²) in [5.74, 6) is 0.617. The molecule has 0 bridgehead atoms. The van der Waals surface area contributed by atoms with Crippen LogP contribution in [0.5, 0.6) is 0 Å². The highest BCUT2D eigenvalue weighted by atomic mass is 19.1. The number of aliphatic hydroxyl groups is 1. The first-order chi connectivity index (χ1) is 10.5. The molecule has 3 nitrogen and oxygen atoms in total. The van der Waals surface area contributed by atoms with E-state index < -0.39 is 6.10 Å². The molecule has 0 saturated carbocycles. The van der Waals surface area contributed by atoms with Gasteiger partial charge in [-0.2, -0.15) is 0 Å². The van der Waals surface area contributed by atoms with Gasteiger partial charge in [-0.15, -0.1) is 0 Å². The molecule has 0 spiro atoms. The van der Waals surface area contributed by atoms with Gasteiger partial charge in [0.15, 0.2) is 0 Å². The molecule has 2 rings (SSSR count). The van der Waals surface area contributed by atoms with E-state index in [0.717, 1.165) is 24.8 Å². The van der Waals surface area contributed by atoms with Crippen LogP contribution in [0.4, 0.5) is 4.39 Å². The van der Waals surface area contributed by atoms with Crippen molar-refractivity contribution in [3.8, 4) is 0 Å². The molecular formula is C18H26FNO2. The van der Waals surface area contributed by atoms with Crippen LogP contribution in [0.3, 0.4) is 0 Å². The van der Waals surface area contributed by atoms with Crippen molar-refractivity contribution in [1.82, 2.24) is 4.90 Å². The zero-order valence-electron chi connectivity index (χ0n) is 13.5. The Bertz CT molecular complexity index is 478. The molecule has 1 N–H and O–H groups in total. The standard InChI is InChI=1S/C18H26FNO2/c1-13(2)3-8-17(21)20-11-9-15(10-12-20)18(22)14-4-6-16(19)7-5-14/h4-7,13,15,18,22H,3,8-12H2,1-2H3. The van der Waals surface area contributed by atoms with E-state index in [-0.39, 0.29) is 17.6 Å². The Morgan fingerprint density at radius 3 is 2.41 bits per heavy atom. The number of benzene rings is 1. The molecule has 1 aliphatic heterocycles. The maximum Gasteiger partial charge on any atom is 0.222 e. The lowest BCUT2D eigenvalue weighted by molar-refractivity contribution is -0.133. The van der Waals surface area contributed by atoms with Crippen molar-refractivity contribution in [2.75, 3.05) is 13.1 Å². The van der Waals surface area contributed by atoms with E-state index in [1.165, 1.54) is 12.1 Å². The van der Waals surface area contributed by atoms with E-state index in [1.54, 1.807) is 12.1 Å². The molecule has 0 aliphatic carbocycles. The molecule has 1 aromatic rings. The van der Waals surface area contributed by atoms with Crippen LogP contribution < -0.4 is 0 Å². The Morgan fingerprint density at radius 1 is 1.27 bits per heavy atom. The average Bonchev–Trinajstić information content (AvgIpc) is 2.53. The molecule has 1 unspecified atom stereocenters. The molecule has 0 radical (unpaired) electrons. The Balaban J connectivity index is 1.83. The van der Waals surface area contributed by atoms with Crippen LogP contribution in [0.1, 0.15) is 51.2 Å². The molecule has 1 fully saturated rings. The van der Waals surface area contributed by atoms with Crippen LogP contribution in [0, 0.1) is 17.7 Å². The summed E-state index contributed by atoms with van der Waals surface area (Å²) in [5.41, 5.74) is 0.756. The second-order valence-corrected chi connectivity index (χ2v) is 6.65. The van der Waals surface area contributed by atoms with Crippen LogP contribution in [-0.2, 0) is 4.79 Å². The van der Waals surface area contributed by atoms with Crippen molar-refractivity contribution in [3.05, 3.63) is 35.6 Å². The van der Waals surface area contributed by atoms with Crippen LogP contribution in [0.15, 0.2) is 24.3 Å². The van der Waals surface area contributed by atoms with Crippen LogP contribution in [0.25, 0.3) is 0 Å². The third-order valence-corrected chi connectivity index (χ3v) is 4.49. The second-order valence-electron chi connectivity index (χ2n) is 6.65. The van der Waals surface area contributed by atoms with Crippen LogP contribution >= 0.6 is 0 Å². The first-order valence-corrected chi connectivity index (χ1v) is 8.18. The SMILES string of the molecule is CC(C)CCC(=O)N1CCC(C(O)c2ccc(F)cc2)CC1. The number of carbonyl (C=O) groups is 1. The molecule has 22 heavy (non-hydrogen) atoms. The molecular weight excluding hydrogens is 281 g/mol. The summed E-state index contributed by atoms with van der Waals surface area (Å²) >= 11 is 0. The maximum absolute atomic E-state index is 12.9. The number of likely N-dealkylation sites (tertiary alicyclic amines) is 1. The average molecular weight is 307 g/mol. The second kappa shape index (κ2) is 7.73. The Labute approximate surface area is 132 Å². The molecule has 1 aliphatic rings. The van der Waals surface area contributed by atoms with Gasteiger partial charge in [0.05, 0.1) is 6.10 Å². The first kappa shape index (κ1) is 16.9. The minimum Gasteiger partial charge on any atom is -0.388 e. The number of rotatable bonds is 5. The number of hydrogen-bond acceptors (Lipinski definition) is 2. The molecule has 0 aromatic heterocycles. The topological polar surface area (TPSA) is 40.5 Å². The summed E-state index contributed by atoms with van der Waals surface area (Å²) < 4.78 is 12.9. The lowest BCUT2D eigenvalue weighted by Gasteiger charge is -2.34. The third kappa shape index (κ3) is 4.54. The number of piperidine rings is 1. The maximum atomic E-state index is 12.9. The number of carbonyl (C=O) groups excluding carboxylic acids is 1. The Morgan fingerprint density at radius 2 is 1.86 bits per heavy atom. The van der Waals surface area contributed by atoms with Gasteiger partial charge in [-0.1, -0.05) is 26.0 Å². The fourth-order valence-corrected chi connectivity index (χ4v) is 2.97. The van der Waals surface area contributed by atoms with Crippen molar-refractivity contribution in [3.63, 3.8) is 0 Å². The van der Waals surface area contributed by atoms with E-state index in [2.05, 4.69) is 13.8 Å². The van der Waals surface area contributed by atoms with Gasteiger partial charge in [0.25, 0.3) is 0 Å². The summed E-state index contributed by atoms with van der Waals surface area (Å²) in [7, 11) is 0. The Kier molecular flexibility index (Phi) is 5.95. The van der Waals surface area contributed by atoms with Crippen LogP contribution in [0.2, 0.25) is 0 Å². The molecule has 4 heteroatoms. The monoisotopic (exact) mass is 307 g/mol. The van der Waals surface area contributed by atoms with Gasteiger partial charge in [0.2, 0.25) is 5.91 Å². The van der Waals surface area contributed by atoms with E-state index in [9.17, 15) is 14.3 Å². The summed E-state index contributed by atoms with van der Waals surface area (Å²) in [6, 6.07) is 6.03. The van der Waals surface area contributed by atoms with E-state index >= 15 is 0 Å². The summed E-state index contributed by atoms with van der Waals surface area (Å²) in [6.07, 6.45) is 2.56. The predicted molar refractivity (Wildman–Crippen MR) is 84.7 cm³/mol. The molecule has 1 heterocycles. The van der Waals surface area contributed by atoms with Gasteiger partial charge in [0.1, 0.15) is 5.82 Å². The molecule has 1 aromatic carbocycles. The van der Waals surface area contributed by atoms with Gasteiger partial charge < -0.3 is 10.0 Å². The number of aliphatic hydroxyl groups excluding tert-OH is 1. The molecule has 1 saturated heterocycles. The van der Waals surface area contributed by atoms with Crippen molar-refractivity contribution >= 4 is 5.91 Å². The molecule has 1 amide bonds. The van der Waals surface area contributed by atoms with E-state index in [4.69, 9.17) is 0 Å². The number of halogens is 1. The minimum atomic E-state index is -0.575. The lowest BCUT2D eigenvalue weighted by atomic mass is 9.87. The highest BCUT2D eigenvalue weighted by Crippen LogP contribution is 2.31. The van der Waals surface area contributed by atoms with Gasteiger partial charge in [-0.3, -0.25) is 4.79 Å². The largest absolute Gasteiger partial charge is 0.388 e. The first-order valence-electron chi connectivity index (χ1n) is 8.18. The zero-order valence-corrected chi connectivity index (χ0v) is 13.5. The van der Waals surface area contributed by atoms with Crippen LogP contribution in [-0.4, -0.2) is 29.0 Å².